The van der Waals surface area contributed by atoms with Crippen molar-refractivity contribution in [3.8, 4) is 0 Å². The van der Waals surface area contributed by atoms with Gasteiger partial charge in [-0.05, 0) is 48.6 Å². The van der Waals surface area contributed by atoms with Crippen molar-refractivity contribution < 1.29 is 4.74 Å². The van der Waals surface area contributed by atoms with Gasteiger partial charge >= 0.3 is 0 Å². The number of rotatable bonds is 3. The second-order valence-corrected chi connectivity index (χ2v) is 4.65. The molecule has 1 aliphatic rings. The second kappa shape index (κ2) is 5.65. The van der Waals surface area contributed by atoms with Gasteiger partial charge in [0.2, 0.25) is 0 Å². The van der Waals surface area contributed by atoms with Gasteiger partial charge in [-0.15, -0.1) is 0 Å². The van der Waals surface area contributed by atoms with Crippen LogP contribution in [0.1, 0.15) is 42.1 Å². The Morgan fingerprint density at radius 3 is 2.59 bits per heavy atom. The fraction of sp³-hybridized carbons (Fsp3) is 0.600. The van der Waals surface area contributed by atoms with Gasteiger partial charge in [-0.3, -0.25) is 0 Å². The number of likely N-dealkylation sites (N-methyl/N-ethyl adjacent to an activating group) is 1. The fourth-order valence-corrected chi connectivity index (χ4v) is 2.81. The molecule has 2 rings (SSSR count). The number of fused-ring (bicyclic) bond motifs is 1. The van der Waals surface area contributed by atoms with Gasteiger partial charge in [-0.2, -0.15) is 0 Å². The summed E-state index contributed by atoms with van der Waals surface area (Å²) < 4.78 is 5.72. The average molecular weight is 233 g/mol. The molecule has 0 saturated heterocycles. The molecule has 94 valence electrons. The predicted octanol–water partition coefficient (Wildman–Crippen LogP) is 2.64. The summed E-state index contributed by atoms with van der Waals surface area (Å²) in [5.74, 6) is 0. The van der Waals surface area contributed by atoms with Gasteiger partial charge in [0, 0.05) is 0 Å². The summed E-state index contributed by atoms with van der Waals surface area (Å²) in [4.78, 5) is 0. The monoisotopic (exact) mass is 233 g/mol. The second-order valence-electron chi connectivity index (χ2n) is 4.65. The topological polar surface area (TPSA) is 21.3 Å². The van der Waals surface area contributed by atoms with Crippen molar-refractivity contribution in [2.75, 3.05) is 20.3 Å². The van der Waals surface area contributed by atoms with Crippen LogP contribution in [0.3, 0.4) is 0 Å². The van der Waals surface area contributed by atoms with Gasteiger partial charge in [-0.1, -0.05) is 26.0 Å². The van der Waals surface area contributed by atoms with Crippen molar-refractivity contribution >= 4 is 0 Å². The first-order chi connectivity index (χ1) is 8.31. The Morgan fingerprint density at radius 2 is 1.94 bits per heavy atom. The van der Waals surface area contributed by atoms with Crippen LogP contribution >= 0.6 is 0 Å². The first-order valence-corrected chi connectivity index (χ1v) is 6.70. The zero-order valence-corrected chi connectivity index (χ0v) is 11.2. The quantitative estimate of drug-likeness (QED) is 0.866. The summed E-state index contributed by atoms with van der Waals surface area (Å²) in [7, 11) is 2.03. The Balaban J connectivity index is 2.56. The Bertz CT molecular complexity index is 387. The molecular weight excluding hydrogens is 210 g/mol. The SMILES string of the molecule is CCc1ccc(CC)c2c1CCOCC2NC. The van der Waals surface area contributed by atoms with E-state index in [9.17, 15) is 0 Å². The minimum Gasteiger partial charge on any atom is -0.379 e. The number of nitrogens with one attached hydrogen (secondary N) is 1. The van der Waals surface area contributed by atoms with E-state index in [1.165, 1.54) is 22.3 Å². The first kappa shape index (κ1) is 12.6. The fourth-order valence-electron chi connectivity index (χ4n) is 2.81. The van der Waals surface area contributed by atoms with Crippen LogP contribution < -0.4 is 5.32 Å². The molecule has 1 aromatic rings. The molecule has 2 heteroatoms. The Labute approximate surface area is 104 Å². The highest BCUT2D eigenvalue weighted by molar-refractivity contribution is 5.44. The highest BCUT2D eigenvalue weighted by atomic mass is 16.5. The normalized spacial score (nSPS) is 19.8. The maximum atomic E-state index is 5.72. The maximum absolute atomic E-state index is 5.72. The molecule has 1 aliphatic heterocycles. The molecule has 0 aromatic heterocycles. The first-order valence-electron chi connectivity index (χ1n) is 6.70. The summed E-state index contributed by atoms with van der Waals surface area (Å²) in [6, 6.07) is 4.96. The third-order valence-electron chi connectivity index (χ3n) is 3.78. The molecule has 1 aromatic carbocycles. The van der Waals surface area contributed by atoms with Crippen molar-refractivity contribution in [3.63, 3.8) is 0 Å². The smallest absolute Gasteiger partial charge is 0.0661 e. The van der Waals surface area contributed by atoms with E-state index in [1.54, 1.807) is 0 Å². The molecule has 1 unspecified atom stereocenters. The van der Waals surface area contributed by atoms with Crippen LogP contribution in [0.25, 0.3) is 0 Å². The van der Waals surface area contributed by atoms with Crippen LogP contribution in [0.2, 0.25) is 0 Å². The Morgan fingerprint density at radius 1 is 1.24 bits per heavy atom. The Kier molecular flexibility index (Phi) is 4.19. The molecule has 2 nitrogen and oxygen atoms in total. The number of benzene rings is 1. The van der Waals surface area contributed by atoms with E-state index in [4.69, 9.17) is 4.74 Å². The summed E-state index contributed by atoms with van der Waals surface area (Å²) in [5, 5.41) is 3.40. The zero-order valence-electron chi connectivity index (χ0n) is 11.2. The van der Waals surface area contributed by atoms with Crippen LogP contribution in [0.15, 0.2) is 12.1 Å². The number of ether oxygens (including phenoxy) is 1. The lowest BCUT2D eigenvalue weighted by atomic mass is 9.88. The van der Waals surface area contributed by atoms with E-state index < -0.39 is 0 Å². The van der Waals surface area contributed by atoms with Crippen LogP contribution in [0, 0.1) is 0 Å². The molecule has 1 N–H and O–H groups in total. The Hall–Kier alpha value is -0.860. The number of aryl methyl sites for hydroxylation is 2. The lowest BCUT2D eigenvalue weighted by Crippen LogP contribution is -2.22. The van der Waals surface area contributed by atoms with Crippen molar-refractivity contribution in [3.05, 3.63) is 34.4 Å². The third kappa shape index (κ3) is 2.38. The van der Waals surface area contributed by atoms with Crippen molar-refractivity contribution in [2.45, 2.75) is 39.2 Å². The van der Waals surface area contributed by atoms with E-state index in [2.05, 4.69) is 31.3 Å². The van der Waals surface area contributed by atoms with Gasteiger partial charge in [0.25, 0.3) is 0 Å². The number of hydrogen-bond donors (Lipinski definition) is 1. The predicted molar refractivity (Wildman–Crippen MR) is 71.5 cm³/mol. The minimum absolute atomic E-state index is 0.356. The van der Waals surface area contributed by atoms with E-state index in [-0.39, 0.29) is 0 Å². The molecular formula is C15H23NO. The highest BCUT2D eigenvalue weighted by Gasteiger charge is 2.22. The summed E-state index contributed by atoms with van der Waals surface area (Å²) in [6.07, 6.45) is 3.28. The largest absolute Gasteiger partial charge is 0.379 e. The van der Waals surface area contributed by atoms with Gasteiger partial charge in [-0.25, -0.2) is 0 Å². The average Bonchev–Trinajstić information content (AvgIpc) is 2.59. The summed E-state index contributed by atoms with van der Waals surface area (Å²) >= 11 is 0. The van der Waals surface area contributed by atoms with E-state index in [0.717, 1.165) is 32.5 Å². The standard InChI is InChI=1S/C15H23NO/c1-4-11-6-7-12(5-2)15-13(11)8-9-17-10-14(15)16-3/h6-7,14,16H,4-5,8-10H2,1-3H3. The molecule has 0 saturated carbocycles. The highest BCUT2D eigenvalue weighted by Crippen LogP contribution is 2.29. The van der Waals surface area contributed by atoms with Crippen LogP contribution in [-0.4, -0.2) is 20.3 Å². The molecule has 1 atom stereocenters. The molecule has 0 fully saturated rings. The van der Waals surface area contributed by atoms with Crippen molar-refractivity contribution in [2.24, 2.45) is 0 Å². The molecule has 0 amide bonds. The molecule has 1 heterocycles. The van der Waals surface area contributed by atoms with E-state index in [0.29, 0.717) is 6.04 Å². The van der Waals surface area contributed by atoms with Gasteiger partial charge in [0.05, 0.1) is 19.3 Å². The third-order valence-corrected chi connectivity index (χ3v) is 3.78. The van der Waals surface area contributed by atoms with Crippen LogP contribution in [-0.2, 0) is 24.0 Å². The summed E-state index contributed by atoms with van der Waals surface area (Å²) in [5.41, 5.74) is 6.00. The van der Waals surface area contributed by atoms with E-state index in [1.807, 2.05) is 7.05 Å². The molecule has 17 heavy (non-hydrogen) atoms. The number of hydrogen-bond acceptors (Lipinski definition) is 2. The van der Waals surface area contributed by atoms with E-state index >= 15 is 0 Å². The minimum atomic E-state index is 0.356. The van der Waals surface area contributed by atoms with Gasteiger partial charge in [0.15, 0.2) is 0 Å². The molecule has 0 spiro atoms. The summed E-state index contributed by atoms with van der Waals surface area (Å²) in [6.45, 7) is 6.12. The molecule has 0 radical (unpaired) electrons. The van der Waals surface area contributed by atoms with Gasteiger partial charge < -0.3 is 10.1 Å². The lowest BCUT2D eigenvalue weighted by molar-refractivity contribution is 0.123. The van der Waals surface area contributed by atoms with Crippen LogP contribution in [0.4, 0.5) is 0 Å². The van der Waals surface area contributed by atoms with Crippen molar-refractivity contribution in [1.82, 2.24) is 5.32 Å². The maximum Gasteiger partial charge on any atom is 0.0661 e. The molecule has 0 aliphatic carbocycles. The van der Waals surface area contributed by atoms with Crippen LogP contribution in [0.5, 0.6) is 0 Å². The zero-order chi connectivity index (χ0) is 12.3. The lowest BCUT2D eigenvalue weighted by Gasteiger charge is -2.21. The molecule has 0 bridgehead atoms. The van der Waals surface area contributed by atoms with Gasteiger partial charge in [0.1, 0.15) is 0 Å². The van der Waals surface area contributed by atoms with Crippen molar-refractivity contribution in [1.29, 1.82) is 0 Å².